The van der Waals surface area contributed by atoms with Gasteiger partial charge in [-0.25, -0.2) is 0 Å². The Hall–Kier alpha value is -3.02. The van der Waals surface area contributed by atoms with Crippen molar-refractivity contribution in [1.82, 2.24) is 10.2 Å². The van der Waals surface area contributed by atoms with Gasteiger partial charge in [0.05, 0.1) is 0 Å². The van der Waals surface area contributed by atoms with Crippen LogP contribution in [0.3, 0.4) is 0 Å². The number of ether oxygens (including phenoxy) is 2. The van der Waals surface area contributed by atoms with Gasteiger partial charge in [0.2, 0.25) is 18.6 Å². The van der Waals surface area contributed by atoms with Gasteiger partial charge in [0.1, 0.15) is 6.04 Å². The summed E-state index contributed by atoms with van der Waals surface area (Å²) in [6.45, 7) is 1.37. The molecular formula is C22H24N2O4. The van der Waals surface area contributed by atoms with Gasteiger partial charge >= 0.3 is 0 Å². The predicted molar refractivity (Wildman–Crippen MR) is 104 cm³/mol. The van der Waals surface area contributed by atoms with Crippen molar-refractivity contribution in [2.24, 2.45) is 0 Å². The number of carbonyl (C=O) groups is 2. The highest BCUT2D eigenvalue weighted by molar-refractivity contribution is 5.88. The third kappa shape index (κ3) is 4.11. The van der Waals surface area contributed by atoms with Crippen LogP contribution in [0.2, 0.25) is 0 Å². The largest absolute Gasteiger partial charge is 0.454 e. The molecule has 0 aliphatic carbocycles. The monoisotopic (exact) mass is 380 g/mol. The molecule has 2 heterocycles. The second-order valence-corrected chi connectivity index (χ2v) is 7.14. The molecular weight excluding hydrogens is 356 g/mol. The first-order valence-corrected chi connectivity index (χ1v) is 9.70. The first-order chi connectivity index (χ1) is 13.7. The molecule has 1 unspecified atom stereocenters. The number of likely N-dealkylation sites (tertiary alicyclic amines) is 1. The minimum atomic E-state index is -0.368. The lowest BCUT2D eigenvalue weighted by atomic mass is 10.1. The van der Waals surface area contributed by atoms with Crippen molar-refractivity contribution in [3.63, 3.8) is 0 Å². The van der Waals surface area contributed by atoms with Gasteiger partial charge in [-0.2, -0.15) is 0 Å². The van der Waals surface area contributed by atoms with Crippen LogP contribution in [0.15, 0.2) is 48.5 Å². The maximum absolute atomic E-state index is 12.7. The SMILES string of the molecule is O=C(NCc1ccccc1)C1CCCN1C(=O)CCc1ccc2c(c1)OCO2. The second-order valence-electron chi connectivity index (χ2n) is 7.14. The normalized spacial score (nSPS) is 17.6. The average molecular weight is 380 g/mol. The van der Waals surface area contributed by atoms with E-state index in [1.165, 1.54) is 0 Å². The Morgan fingerprint density at radius 2 is 1.86 bits per heavy atom. The van der Waals surface area contributed by atoms with E-state index in [1.807, 2.05) is 48.5 Å². The Kier molecular flexibility index (Phi) is 5.46. The molecule has 146 valence electrons. The van der Waals surface area contributed by atoms with Crippen LogP contribution in [0.1, 0.15) is 30.4 Å². The minimum absolute atomic E-state index is 0.0232. The highest BCUT2D eigenvalue weighted by Gasteiger charge is 2.33. The van der Waals surface area contributed by atoms with E-state index >= 15 is 0 Å². The van der Waals surface area contributed by atoms with Crippen molar-refractivity contribution >= 4 is 11.8 Å². The molecule has 2 aliphatic rings. The average Bonchev–Trinajstić information content (AvgIpc) is 3.40. The van der Waals surface area contributed by atoms with E-state index in [-0.39, 0.29) is 24.6 Å². The summed E-state index contributed by atoms with van der Waals surface area (Å²) in [5.74, 6) is 1.42. The molecule has 2 aromatic carbocycles. The molecule has 1 N–H and O–H groups in total. The topological polar surface area (TPSA) is 67.9 Å². The van der Waals surface area contributed by atoms with E-state index < -0.39 is 0 Å². The summed E-state index contributed by atoms with van der Waals surface area (Å²) in [7, 11) is 0. The molecule has 2 aromatic rings. The number of fused-ring (bicyclic) bond motifs is 1. The maximum atomic E-state index is 12.7. The fourth-order valence-corrected chi connectivity index (χ4v) is 3.73. The zero-order valence-corrected chi connectivity index (χ0v) is 15.7. The molecule has 6 nitrogen and oxygen atoms in total. The molecule has 1 fully saturated rings. The number of carbonyl (C=O) groups excluding carboxylic acids is 2. The Bertz CT molecular complexity index is 853. The van der Waals surface area contributed by atoms with Crippen molar-refractivity contribution in [2.45, 2.75) is 38.3 Å². The third-order valence-corrected chi connectivity index (χ3v) is 5.25. The van der Waals surface area contributed by atoms with Crippen LogP contribution in [0.25, 0.3) is 0 Å². The van der Waals surface area contributed by atoms with Crippen LogP contribution < -0.4 is 14.8 Å². The summed E-state index contributed by atoms with van der Waals surface area (Å²) < 4.78 is 10.7. The number of nitrogens with one attached hydrogen (secondary N) is 1. The predicted octanol–water partition coefficient (Wildman–Crippen LogP) is 2.66. The minimum Gasteiger partial charge on any atom is -0.454 e. The quantitative estimate of drug-likeness (QED) is 0.837. The van der Waals surface area contributed by atoms with Crippen LogP contribution >= 0.6 is 0 Å². The van der Waals surface area contributed by atoms with Gasteiger partial charge in [-0.3, -0.25) is 9.59 Å². The lowest BCUT2D eigenvalue weighted by Gasteiger charge is -2.24. The Morgan fingerprint density at radius 3 is 2.71 bits per heavy atom. The van der Waals surface area contributed by atoms with Gasteiger partial charge in [0.15, 0.2) is 11.5 Å². The summed E-state index contributed by atoms with van der Waals surface area (Å²) in [4.78, 5) is 27.1. The molecule has 0 spiro atoms. The van der Waals surface area contributed by atoms with Gasteiger partial charge in [-0.05, 0) is 42.5 Å². The van der Waals surface area contributed by atoms with Crippen LogP contribution in [-0.2, 0) is 22.6 Å². The van der Waals surface area contributed by atoms with E-state index in [4.69, 9.17) is 9.47 Å². The molecule has 0 bridgehead atoms. The van der Waals surface area contributed by atoms with Crippen molar-refractivity contribution < 1.29 is 19.1 Å². The van der Waals surface area contributed by atoms with E-state index in [1.54, 1.807) is 4.90 Å². The first kappa shape index (κ1) is 18.3. The standard InChI is InChI=1S/C22H24N2O4/c25-21(11-9-16-8-10-19-20(13-16)28-15-27-19)24-12-4-7-18(24)22(26)23-14-17-5-2-1-3-6-17/h1-3,5-6,8,10,13,18H,4,7,9,11-12,14-15H2,(H,23,26). The van der Waals surface area contributed by atoms with Gasteiger partial charge in [-0.15, -0.1) is 0 Å². The molecule has 2 aliphatic heterocycles. The molecule has 1 saturated heterocycles. The molecule has 1 atom stereocenters. The van der Waals surface area contributed by atoms with Crippen LogP contribution in [-0.4, -0.2) is 36.1 Å². The second kappa shape index (κ2) is 8.33. The zero-order valence-electron chi connectivity index (χ0n) is 15.7. The van der Waals surface area contributed by atoms with Crippen LogP contribution in [0.4, 0.5) is 0 Å². The number of benzene rings is 2. The number of hydrogen-bond donors (Lipinski definition) is 1. The molecule has 28 heavy (non-hydrogen) atoms. The van der Waals surface area contributed by atoms with Crippen molar-refractivity contribution in [3.8, 4) is 11.5 Å². The number of rotatable bonds is 6. The van der Waals surface area contributed by atoms with Gasteiger partial charge in [-0.1, -0.05) is 36.4 Å². The van der Waals surface area contributed by atoms with E-state index in [2.05, 4.69) is 5.32 Å². The molecule has 0 saturated carbocycles. The number of aryl methyl sites for hydroxylation is 1. The maximum Gasteiger partial charge on any atom is 0.243 e. The Labute approximate surface area is 164 Å². The van der Waals surface area contributed by atoms with Gasteiger partial charge in [0, 0.05) is 19.5 Å². The van der Waals surface area contributed by atoms with Gasteiger partial charge < -0.3 is 19.7 Å². The Balaban J connectivity index is 1.31. The summed E-state index contributed by atoms with van der Waals surface area (Å²) >= 11 is 0. The van der Waals surface area contributed by atoms with Crippen LogP contribution in [0, 0.1) is 0 Å². The lowest BCUT2D eigenvalue weighted by molar-refractivity contribution is -0.138. The van der Waals surface area contributed by atoms with E-state index in [0.717, 1.165) is 35.5 Å². The summed E-state index contributed by atoms with van der Waals surface area (Å²) in [5.41, 5.74) is 2.08. The van der Waals surface area contributed by atoms with Crippen molar-refractivity contribution in [3.05, 3.63) is 59.7 Å². The highest BCUT2D eigenvalue weighted by Crippen LogP contribution is 2.33. The van der Waals surface area contributed by atoms with Gasteiger partial charge in [0.25, 0.3) is 0 Å². The highest BCUT2D eigenvalue weighted by atomic mass is 16.7. The fourth-order valence-electron chi connectivity index (χ4n) is 3.73. The number of nitrogens with zero attached hydrogens (tertiary/aromatic N) is 1. The van der Waals surface area contributed by atoms with Crippen LogP contribution in [0.5, 0.6) is 11.5 Å². The lowest BCUT2D eigenvalue weighted by Crippen LogP contribution is -2.45. The first-order valence-electron chi connectivity index (χ1n) is 9.70. The third-order valence-electron chi connectivity index (χ3n) is 5.25. The summed E-state index contributed by atoms with van der Waals surface area (Å²) in [6, 6.07) is 15.2. The van der Waals surface area contributed by atoms with E-state index in [9.17, 15) is 9.59 Å². The van der Waals surface area contributed by atoms with Crippen molar-refractivity contribution in [1.29, 1.82) is 0 Å². The Morgan fingerprint density at radius 1 is 1.04 bits per heavy atom. The summed E-state index contributed by atoms with van der Waals surface area (Å²) in [5, 5.41) is 2.96. The van der Waals surface area contributed by atoms with E-state index in [0.29, 0.717) is 25.9 Å². The molecule has 6 heteroatoms. The zero-order chi connectivity index (χ0) is 19.3. The molecule has 4 rings (SSSR count). The fraction of sp³-hybridized carbons (Fsp3) is 0.364. The number of amides is 2. The smallest absolute Gasteiger partial charge is 0.243 e. The van der Waals surface area contributed by atoms with Crippen molar-refractivity contribution in [2.75, 3.05) is 13.3 Å². The molecule has 2 amide bonds. The molecule has 0 aromatic heterocycles. The summed E-state index contributed by atoms with van der Waals surface area (Å²) in [6.07, 6.45) is 2.57. The number of hydrogen-bond acceptors (Lipinski definition) is 4. The molecule has 0 radical (unpaired) electrons.